The summed E-state index contributed by atoms with van der Waals surface area (Å²) in [5.41, 5.74) is 2.84. The van der Waals surface area contributed by atoms with E-state index in [1.807, 2.05) is 10.9 Å². The maximum Gasteiger partial charge on any atom is 0.494 e. The molecule has 0 radical (unpaired) electrons. The van der Waals surface area contributed by atoms with E-state index in [2.05, 4.69) is 63.1 Å². The van der Waals surface area contributed by atoms with E-state index in [4.69, 9.17) is 9.31 Å². The summed E-state index contributed by atoms with van der Waals surface area (Å²) in [6.07, 6.45) is 4.44. The van der Waals surface area contributed by atoms with E-state index >= 15 is 0 Å². The second-order valence-electron chi connectivity index (χ2n) is 7.62. The smallest absolute Gasteiger partial charge is 0.399 e. The molecule has 0 spiro atoms. The van der Waals surface area contributed by atoms with Gasteiger partial charge in [0.1, 0.15) is 0 Å². The Hall–Kier alpha value is -1.59. The molecule has 1 aliphatic heterocycles. The first-order chi connectivity index (χ1) is 10.9. The Morgan fingerprint density at radius 2 is 1.61 bits per heavy atom. The fourth-order valence-electron chi connectivity index (χ4n) is 2.97. The summed E-state index contributed by atoms with van der Waals surface area (Å²) in [7, 11) is -0.311. The maximum absolute atomic E-state index is 6.11. The van der Waals surface area contributed by atoms with E-state index < -0.39 is 0 Å². The molecule has 1 saturated heterocycles. The first-order valence-electron chi connectivity index (χ1n) is 8.37. The van der Waals surface area contributed by atoms with E-state index in [1.54, 1.807) is 0 Å². The lowest BCUT2D eigenvalue weighted by atomic mass is 9.79. The van der Waals surface area contributed by atoms with Crippen molar-refractivity contribution in [2.75, 3.05) is 0 Å². The van der Waals surface area contributed by atoms with Crippen LogP contribution in [-0.2, 0) is 9.31 Å². The molecule has 1 aromatic heterocycles. The molecule has 0 N–H and O–H groups in total. The van der Waals surface area contributed by atoms with Crippen molar-refractivity contribution in [2.45, 2.75) is 57.7 Å². The Balaban J connectivity index is 1.58. The average molecular weight is 310 g/mol. The van der Waals surface area contributed by atoms with Gasteiger partial charge in [-0.15, -0.1) is 0 Å². The highest BCUT2D eigenvalue weighted by Gasteiger charge is 2.51. The van der Waals surface area contributed by atoms with Gasteiger partial charge in [-0.05, 0) is 64.2 Å². The number of hydrogen-bond acceptors (Lipinski definition) is 3. The van der Waals surface area contributed by atoms with Gasteiger partial charge in [-0.1, -0.05) is 12.1 Å². The molecule has 5 heteroatoms. The van der Waals surface area contributed by atoms with Crippen LogP contribution in [0, 0.1) is 0 Å². The zero-order valence-electron chi connectivity index (χ0n) is 14.2. The average Bonchev–Trinajstić information content (AvgIpc) is 3.17. The van der Waals surface area contributed by atoms with Gasteiger partial charge in [-0.3, -0.25) is 0 Å². The van der Waals surface area contributed by atoms with Crippen LogP contribution >= 0.6 is 0 Å². The molecule has 120 valence electrons. The van der Waals surface area contributed by atoms with Crippen LogP contribution in [0.15, 0.2) is 36.5 Å². The predicted molar refractivity (Wildman–Crippen MR) is 91.3 cm³/mol. The van der Waals surface area contributed by atoms with Crippen LogP contribution in [0.1, 0.15) is 52.1 Å². The minimum atomic E-state index is -0.311. The van der Waals surface area contributed by atoms with Crippen LogP contribution in [0.5, 0.6) is 0 Å². The third-order valence-electron chi connectivity index (χ3n) is 5.33. The van der Waals surface area contributed by atoms with Gasteiger partial charge >= 0.3 is 7.12 Å². The van der Waals surface area contributed by atoms with E-state index in [0.717, 1.165) is 11.2 Å². The van der Waals surface area contributed by atoms with E-state index in [0.29, 0.717) is 5.92 Å². The molecule has 2 aromatic rings. The van der Waals surface area contributed by atoms with Gasteiger partial charge in [-0.25, -0.2) is 4.68 Å². The van der Waals surface area contributed by atoms with Crippen molar-refractivity contribution in [3.8, 4) is 5.69 Å². The third kappa shape index (κ3) is 2.52. The Labute approximate surface area is 137 Å². The minimum Gasteiger partial charge on any atom is -0.399 e. The van der Waals surface area contributed by atoms with Crippen LogP contribution in [0.2, 0.25) is 0 Å². The molecule has 2 aliphatic rings. The van der Waals surface area contributed by atoms with Crippen molar-refractivity contribution in [1.29, 1.82) is 0 Å². The fourth-order valence-corrected chi connectivity index (χ4v) is 2.97. The van der Waals surface area contributed by atoms with Gasteiger partial charge in [-0.2, -0.15) is 5.10 Å². The summed E-state index contributed by atoms with van der Waals surface area (Å²) < 4.78 is 14.3. The molecule has 2 heterocycles. The summed E-state index contributed by atoms with van der Waals surface area (Å²) in [5, 5.41) is 4.48. The summed E-state index contributed by atoms with van der Waals surface area (Å²) in [5.74, 6) is 0.681. The third-order valence-corrected chi connectivity index (χ3v) is 5.33. The van der Waals surface area contributed by atoms with Crippen LogP contribution < -0.4 is 5.46 Å². The fraction of sp³-hybridized carbons (Fsp3) is 0.500. The molecule has 4 nitrogen and oxygen atoms in total. The zero-order chi connectivity index (χ0) is 16.2. The first-order valence-corrected chi connectivity index (χ1v) is 8.37. The Kier molecular flexibility index (Phi) is 3.22. The van der Waals surface area contributed by atoms with Gasteiger partial charge in [0, 0.05) is 17.8 Å². The molecule has 0 amide bonds. The van der Waals surface area contributed by atoms with Crippen molar-refractivity contribution in [1.82, 2.24) is 9.78 Å². The highest BCUT2D eigenvalue weighted by atomic mass is 16.7. The number of nitrogens with zero attached hydrogens (tertiary/aromatic N) is 2. The molecular weight excluding hydrogens is 287 g/mol. The summed E-state index contributed by atoms with van der Waals surface area (Å²) in [4.78, 5) is 0. The van der Waals surface area contributed by atoms with Crippen molar-refractivity contribution in [2.24, 2.45) is 0 Å². The first kappa shape index (κ1) is 15.0. The minimum absolute atomic E-state index is 0.308. The lowest BCUT2D eigenvalue weighted by molar-refractivity contribution is 0.00578. The quantitative estimate of drug-likeness (QED) is 0.818. The normalized spacial score (nSPS) is 22.5. The van der Waals surface area contributed by atoms with E-state index in [9.17, 15) is 0 Å². The number of benzene rings is 1. The van der Waals surface area contributed by atoms with Gasteiger partial charge in [0.15, 0.2) is 0 Å². The zero-order valence-corrected chi connectivity index (χ0v) is 14.2. The van der Waals surface area contributed by atoms with Crippen molar-refractivity contribution in [3.05, 3.63) is 42.2 Å². The number of rotatable bonds is 3. The Morgan fingerprint density at radius 3 is 2.17 bits per heavy atom. The van der Waals surface area contributed by atoms with Crippen LogP contribution in [0.4, 0.5) is 0 Å². The molecule has 4 rings (SSSR count). The second kappa shape index (κ2) is 4.95. The number of aromatic nitrogens is 2. The lowest BCUT2D eigenvalue weighted by Crippen LogP contribution is -2.41. The maximum atomic E-state index is 6.11. The molecule has 2 fully saturated rings. The topological polar surface area (TPSA) is 36.3 Å². The highest BCUT2D eigenvalue weighted by molar-refractivity contribution is 6.62. The highest BCUT2D eigenvalue weighted by Crippen LogP contribution is 2.40. The standard InChI is InChI=1S/C18H23BN2O2/c1-17(2)18(3,4)23-19(22-17)14-7-9-15(10-8-14)21-16(11-12-20-21)13-5-6-13/h7-13H,5-6H2,1-4H3. The Bertz CT molecular complexity index is 701. The van der Waals surface area contributed by atoms with Crippen LogP contribution in [0.3, 0.4) is 0 Å². The Morgan fingerprint density at radius 1 is 1.00 bits per heavy atom. The van der Waals surface area contributed by atoms with Crippen molar-refractivity contribution < 1.29 is 9.31 Å². The van der Waals surface area contributed by atoms with E-state index in [1.165, 1.54) is 18.5 Å². The molecular formula is C18H23BN2O2. The van der Waals surface area contributed by atoms with E-state index in [-0.39, 0.29) is 18.3 Å². The summed E-state index contributed by atoms with van der Waals surface area (Å²) >= 11 is 0. The number of hydrogen-bond donors (Lipinski definition) is 0. The largest absolute Gasteiger partial charge is 0.494 e. The van der Waals surface area contributed by atoms with Gasteiger partial charge in [0.25, 0.3) is 0 Å². The molecule has 1 aliphatic carbocycles. The van der Waals surface area contributed by atoms with Gasteiger partial charge < -0.3 is 9.31 Å². The lowest BCUT2D eigenvalue weighted by Gasteiger charge is -2.32. The molecule has 1 saturated carbocycles. The summed E-state index contributed by atoms with van der Waals surface area (Å²) in [6, 6.07) is 10.5. The SMILES string of the molecule is CC1(C)OB(c2ccc(-n3nccc3C3CC3)cc2)OC1(C)C. The monoisotopic (exact) mass is 310 g/mol. The van der Waals surface area contributed by atoms with Gasteiger partial charge in [0.2, 0.25) is 0 Å². The van der Waals surface area contributed by atoms with Gasteiger partial charge in [0.05, 0.1) is 16.9 Å². The van der Waals surface area contributed by atoms with Crippen LogP contribution in [0.25, 0.3) is 5.69 Å². The second-order valence-corrected chi connectivity index (χ2v) is 7.62. The molecule has 0 unspecified atom stereocenters. The van der Waals surface area contributed by atoms with Crippen molar-refractivity contribution in [3.63, 3.8) is 0 Å². The summed E-state index contributed by atoms with van der Waals surface area (Å²) in [6.45, 7) is 8.31. The van der Waals surface area contributed by atoms with Crippen molar-refractivity contribution >= 4 is 12.6 Å². The molecule has 23 heavy (non-hydrogen) atoms. The molecule has 0 atom stereocenters. The predicted octanol–water partition coefficient (Wildman–Crippen LogP) is 3.05. The van der Waals surface area contributed by atoms with Crippen LogP contribution in [-0.4, -0.2) is 28.1 Å². The molecule has 1 aromatic carbocycles. The molecule has 0 bridgehead atoms.